The van der Waals surface area contributed by atoms with Crippen molar-refractivity contribution in [2.75, 3.05) is 0 Å². The summed E-state index contributed by atoms with van der Waals surface area (Å²) in [6.07, 6.45) is -3.39. The van der Waals surface area contributed by atoms with Gasteiger partial charge in [0, 0.05) is 4.47 Å². The zero-order valence-electron chi connectivity index (χ0n) is 12.3. The van der Waals surface area contributed by atoms with Crippen LogP contribution in [0.15, 0.2) is 57.9 Å². The topological polar surface area (TPSA) is 46.2 Å². The van der Waals surface area contributed by atoms with Gasteiger partial charge in [-0.25, -0.2) is 13.1 Å². The number of rotatable bonds is 4. The number of hydrogen-bond acceptors (Lipinski definition) is 2. The lowest BCUT2D eigenvalue weighted by atomic mass is 10.1. The van der Waals surface area contributed by atoms with Gasteiger partial charge < -0.3 is 0 Å². The summed E-state index contributed by atoms with van der Waals surface area (Å²) in [6.45, 7) is 0. The second-order valence-electron chi connectivity index (χ2n) is 5.72. The molecule has 1 aliphatic carbocycles. The van der Waals surface area contributed by atoms with Crippen LogP contribution in [0.2, 0.25) is 0 Å². The van der Waals surface area contributed by atoms with E-state index < -0.39 is 32.2 Å². The fourth-order valence-electron chi connectivity index (χ4n) is 2.52. The van der Waals surface area contributed by atoms with Crippen LogP contribution in [0.5, 0.6) is 0 Å². The maximum atomic E-state index is 12.8. The number of alkyl halides is 3. The van der Waals surface area contributed by atoms with Crippen molar-refractivity contribution in [1.82, 2.24) is 4.72 Å². The second kappa shape index (κ2) is 5.86. The first kappa shape index (κ1) is 17.4. The minimum Gasteiger partial charge on any atom is -0.207 e. The standard InChI is InChI=1S/C16H13BrF3NO2S/c17-13-5-1-3-11(9-13)15(7-8-15)21-24(22,23)14-6-2-4-12(10-14)16(18,19)20/h1-6,9-10,21H,7-8H2. The Morgan fingerprint density at radius 2 is 1.71 bits per heavy atom. The van der Waals surface area contributed by atoms with E-state index in [2.05, 4.69) is 20.7 Å². The van der Waals surface area contributed by atoms with Crippen molar-refractivity contribution in [2.24, 2.45) is 0 Å². The maximum absolute atomic E-state index is 12.8. The summed E-state index contributed by atoms with van der Waals surface area (Å²) in [5, 5.41) is 0. The molecular formula is C16H13BrF3NO2S. The molecule has 128 valence electrons. The molecular weight excluding hydrogens is 407 g/mol. The maximum Gasteiger partial charge on any atom is 0.416 e. The van der Waals surface area contributed by atoms with E-state index in [9.17, 15) is 21.6 Å². The van der Waals surface area contributed by atoms with Crippen molar-refractivity contribution < 1.29 is 21.6 Å². The Hall–Kier alpha value is -1.38. The Bertz CT molecular complexity index is 877. The molecule has 0 unspecified atom stereocenters. The molecule has 0 atom stereocenters. The fourth-order valence-corrected chi connectivity index (χ4v) is 4.41. The number of hydrogen-bond donors (Lipinski definition) is 1. The molecule has 0 aliphatic heterocycles. The lowest BCUT2D eigenvalue weighted by Crippen LogP contribution is -2.35. The highest BCUT2D eigenvalue weighted by Crippen LogP contribution is 2.47. The smallest absolute Gasteiger partial charge is 0.207 e. The largest absolute Gasteiger partial charge is 0.416 e. The minimum atomic E-state index is -4.59. The van der Waals surface area contributed by atoms with Crippen LogP contribution in [0.3, 0.4) is 0 Å². The highest BCUT2D eigenvalue weighted by molar-refractivity contribution is 9.10. The van der Waals surface area contributed by atoms with Crippen LogP contribution < -0.4 is 4.72 Å². The van der Waals surface area contributed by atoms with Gasteiger partial charge in [0.15, 0.2) is 0 Å². The highest BCUT2D eigenvalue weighted by atomic mass is 79.9. The van der Waals surface area contributed by atoms with Gasteiger partial charge in [0.2, 0.25) is 10.0 Å². The van der Waals surface area contributed by atoms with Crippen molar-refractivity contribution in [3.8, 4) is 0 Å². The minimum absolute atomic E-state index is 0.390. The normalized spacial score (nSPS) is 16.8. The Labute approximate surface area is 146 Å². The van der Waals surface area contributed by atoms with Crippen molar-refractivity contribution in [3.05, 3.63) is 64.1 Å². The molecule has 1 aliphatic rings. The Morgan fingerprint density at radius 1 is 1.04 bits per heavy atom. The molecule has 0 saturated heterocycles. The van der Waals surface area contributed by atoms with Gasteiger partial charge in [-0.05, 0) is 48.7 Å². The van der Waals surface area contributed by atoms with Gasteiger partial charge in [0.05, 0.1) is 16.0 Å². The van der Waals surface area contributed by atoms with E-state index in [1.54, 1.807) is 12.1 Å². The van der Waals surface area contributed by atoms with Crippen molar-refractivity contribution in [1.29, 1.82) is 0 Å². The third-order valence-corrected chi connectivity index (χ3v) is 5.96. The van der Waals surface area contributed by atoms with Crippen LogP contribution in [0.1, 0.15) is 24.0 Å². The van der Waals surface area contributed by atoms with E-state index in [0.717, 1.165) is 28.2 Å². The van der Waals surface area contributed by atoms with Gasteiger partial charge in [-0.2, -0.15) is 13.2 Å². The zero-order valence-corrected chi connectivity index (χ0v) is 14.7. The number of sulfonamides is 1. The average molecular weight is 420 g/mol. The predicted molar refractivity (Wildman–Crippen MR) is 86.8 cm³/mol. The summed E-state index contributed by atoms with van der Waals surface area (Å²) in [7, 11) is -4.06. The van der Waals surface area contributed by atoms with Gasteiger partial charge in [-0.1, -0.05) is 34.1 Å². The Kier molecular flexibility index (Phi) is 4.26. The first-order valence-corrected chi connectivity index (χ1v) is 9.37. The van der Waals surface area contributed by atoms with Gasteiger partial charge in [0.1, 0.15) is 0 Å². The monoisotopic (exact) mass is 419 g/mol. The SMILES string of the molecule is O=S(=O)(NC1(c2cccc(Br)c2)CC1)c1cccc(C(F)(F)F)c1. The highest BCUT2D eigenvalue weighted by Gasteiger charge is 2.47. The molecule has 24 heavy (non-hydrogen) atoms. The summed E-state index contributed by atoms with van der Waals surface area (Å²) in [6, 6.07) is 11.0. The lowest BCUT2D eigenvalue weighted by Gasteiger charge is -2.19. The average Bonchev–Trinajstić information content (AvgIpc) is 3.27. The predicted octanol–water partition coefficient (Wildman–Crippen LogP) is 4.44. The van der Waals surface area contributed by atoms with E-state index in [0.29, 0.717) is 18.9 Å². The zero-order chi connectivity index (χ0) is 17.6. The molecule has 0 aromatic heterocycles. The summed E-state index contributed by atoms with van der Waals surface area (Å²) in [5.74, 6) is 0. The Balaban J connectivity index is 1.92. The van der Waals surface area contributed by atoms with Crippen LogP contribution in [0.4, 0.5) is 13.2 Å². The van der Waals surface area contributed by atoms with Crippen LogP contribution in [-0.2, 0) is 21.7 Å². The van der Waals surface area contributed by atoms with E-state index in [4.69, 9.17) is 0 Å². The number of benzene rings is 2. The third-order valence-electron chi connectivity index (χ3n) is 3.93. The van der Waals surface area contributed by atoms with Gasteiger partial charge in [0.25, 0.3) is 0 Å². The van der Waals surface area contributed by atoms with E-state index in [1.807, 2.05) is 12.1 Å². The van der Waals surface area contributed by atoms with Gasteiger partial charge >= 0.3 is 6.18 Å². The van der Waals surface area contributed by atoms with Crippen molar-refractivity contribution in [3.63, 3.8) is 0 Å². The third kappa shape index (κ3) is 3.50. The van der Waals surface area contributed by atoms with Crippen LogP contribution in [-0.4, -0.2) is 8.42 Å². The molecule has 2 aromatic rings. The quantitative estimate of drug-likeness (QED) is 0.796. The lowest BCUT2D eigenvalue weighted by molar-refractivity contribution is -0.137. The molecule has 0 bridgehead atoms. The Morgan fingerprint density at radius 3 is 2.29 bits per heavy atom. The van der Waals surface area contributed by atoms with Crippen LogP contribution >= 0.6 is 15.9 Å². The molecule has 3 nitrogen and oxygen atoms in total. The first-order valence-electron chi connectivity index (χ1n) is 7.10. The van der Waals surface area contributed by atoms with E-state index >= 15 is 0 Å². The van der Waals surface area contributed by atoms with Crippen molar-refractivity contribution in [2.45, 2.75) is 29.5 Å². The molecule has 1 fully saturated rings. The van der Waals surface area contributed by atoms with Crippen LogP contribution in [0.25, 0.3) is 0 Å². The molecule has 0 spiro atoms. The molecule has 3 rings (SSSR count). The number of nitrogens with one attached hydrogen (secondary N) is 1. The summed E-state index contributed by atoms with van der Waals surface area (Å²) >= 11 is 3.34. The molecule has 8 heteroatoms. The van der Waals surface area contributed by atoms with Gasteiger partial charge in [-0.3, -0.25) is 0 Å². The molecule has 0 radical (unpaired) electrons. The summed E-state index contributed by atoms with van der Waals surface area (Å²) in [4.78, 5) is -0.390. The summed E-state index contributed by atoms with van der Waals surface area (Å²) < 4.78 is 66.8. The molecule has 1 saturated carbocycles. The number of halogens is 4. The molecule has 0 amide bonds. The fraction of sp³-hybridized carbons (Fsp3) is 0.250. The molecule has 1 N–H and O–H groups in total. The van der Waals surface area contributed by atoms with E-state index in [-0.39, 0.29) is 0 Å². The molecule has 2 aromatic carbocycles. The van der Waals surface area contributed by atoms with Crippen LogP contribution in [0, 0.1) is 0 Å². The second-order valence-corrected chi connectivity index (χ2v) is 8.32. The molecule has 0 heterocycles. The van der Waals surface area contributed by atoms with Gasteiger partial charge in [-0.15, -0.1) is 0 Å². The summed E-state index contributed by atoms with van der Waals surface area (Å²) in [5.41, 5.74) is -0.957. The van der Waals surface area contributed by atoms with E-state index in [1.165, 1.54) is 0 Å². The van der Waals surface area contributed by atoms with Crippen molar-refractivity contribution >= 4 is 26.0 Å². The first-order chi connectivity index (χ1) is 11.1.